The van der Waals surface area contributed by atoms with Crippen molar-refractivity contribution < 1.29 is 37.8 Å². The smallest absolute Gasteiger partial charge is 0.341 e. The van der Waals surface area contributed by atoms with E-state index in [0.29, 0.717) is 29.5 Å². The number of benzene rings is 2. The van der Waals surface area contributed by atoms with Crippen LogP contribution in [0.2, 0.25) is 0 Å². The zero-order chi connectivity index (χ0) is 21.2. The third-order valence-corrected chi connectivity index (χ3v) is 5.73. The van der Waals surface area contributed by atoms with E-state index >= 15 is 0 Å². The number of carbonyl (C=O) groups is 3. The summed E-state index contributed by atoms with van der Waals surface area (Å²) in [7, 11) is 0. The molecule has 0 saturated carbocycles. The Kier molecular flexibility index (Phi) is 3.59. The summed E-state index contributed by atoms with van der Waals surface area (Å²) in [6.45, 7) is 1.36. The van der Waals surface area contributed by atoms with Crippen LogP contribution in [0.5, 0.6) is 11.5 Å². The molecule has 1 atom stereocenters. The number of para-hydroxylation sites is 1. The van der Waals surface area contributed by atoms with Crippen LogP contribution in [-0.4, -0.2) is 63.6 Å². The number of rotatable bonds is 2. The van der Waals surface area contributed by atoms with Crippen LogP contribution in [0.3, 0.4) is 0 Å². The minimum atomic E-state index is -1.11. The largest absolute Gasteiger partial charge is 0.704 e. The summed E-state index contributed by atoms with van der Waals surface area (Å²) in [4.78, 5) is 40.9. The van der Waals surface area contributed by atoms with E-state index in [1.165, 1.54) is 6.07 Å². The fourth-order valence-corrected chi connectivity index (χ4v) is 4.18. The van der Waals surface area contributed by atoms with Crippen LogP contribution >= 0.6 is 0 Å². The van der Waals surface area contributed by atoms with Gasteiger partial charge in [-0.05, 0) is 30.3 Å². The molecule has 154 valence electrons. The first-order valence-corrected chi connectivity index (χ1v) is 9.96. The number of ether oxygens (including phenoxy) is 2. The SMILES string of the molecule is O=C(ON1C(=O)CCC1=O)c1ccc2c(c1)C=[N+]1CC[N+]3=Cc4ccccc4O[C@@]31O2. The Morgan fingerprint density at radius 3 is 2.29 bits per heavy atom. The highest BCUT2D eigenvalue weighted by molar-refractivity contribution is 6.03. The second-order valence-electron chi connectivity index (χ2n) is 7.65. The average Bonchev–Trinajstić information content (AvgIpc) is 3.29. The molecule has 2 amide bonds. The number of imide groups is 1. The van der Waals surface area contributed by atoms with Crippen molar-refractivity contribution in [3.05, 3.63) is 59.2 Å². The summed E-state index contributed by atoms with van der Waals surface area (Å²) in [5.41, 5.74) is 1.86. The molecule has 0 bridgehead atoms. The monoisotopic (exact) mass is 419 g/mol. The van der Waals surface area contributed by atoms with E-state index in [2.05, 4.69) is 0 Å². The van der Waals surface area contributed by atoms with Crippen LogP contribution in [0.25, 0.3) is 0 Å². The number of fused-ring (bicyclic) bond motifs is 2. The summed E-state index contributed by atoms with van der Waals surface area (Å²) in [6.07, 6.45) is 3.99. The van der Waals surface area contributed by atoms with Gasteiger partial charge in [-0.25, -0.2) is 4.79 Å². The average molecular weight is 419 g/mol. The lowest BCUT2D eigenvalue weighted by molar-refractivity contribution is -0.855. The highest BCUT2D eigenvalue weighted by Crippen LogP contribution is 2.36. The van der Waals surface area contributed by atoms with Gasteiger partial charge in [0.05, 0.1) is 16.7 Å². The van der Waals surface area contributed by atoms with E-state index < -0.39 is 23.8 Å². The molecule has 6 rings (SSSR count). The summed E-state index contributed by atoms with van der Waals surface area (Å²) in [5.74, 6) is -0.546. The summed E-state index contributed by atoms with van der Waals surface area (Å²) >= 11 is 0. The van der Waals surface area contributed by atoms with Crippen molar-refractivity contribution in [2.75, 3.05) is 13.1 Å². The molecule has 2 aromatic rings. The molecule has 4 aliphatic rings. The minimum Gasteiger partial charge on any atom is -0.341 e. The second kappa shape index (κ2) is 6.24. The van der Waals surface area contributed by atoms with Gasteiger partial charge in [-0.1, -0.05) is 21.3 Å². The lowest BCUT2D eigenvalue weighted by atomic mass is 10.1. The maximum atomic E-state index is 12.5. The number of nitrogens with zero attached hydrogens (tertiary/aromatic N) is 3. The van der Waals surface area contributed by atoms with Crippen molar-refractivity contribution in [3.63, 3.8) is 0 Å². The van der Waals surface area contributed by atoms with Crippen LogP contribution in [-0.2, 0) is 14.4 Å². The quantitative estimate of drug-likeness (QED) is 0.531. The van der Waals surface area contributed by atoms with Gasteiger partial charge in [0.1, 0.15) is 0 Å². The highest BCUT2D eigenvalue weighted by atomic mass is 16.7. The highest BCUT2D eigenvalue weighted by Gasteiger charge is 2.68. The molecule has 0 aromatic heterocycles. The van der Waals surface area contributed by atoms with Crippen LogP contribution in [0.1, 0.15) is 34.3 Å². The fraction of sp³-hybridized carbons (Fsp3) is 0.227. The van der Waals surface area contributed by atoms with Gasteiger partial charge in [0.2, 0.25) is 13.1 Å². The van der Waals surface area contributed by atoms with Crippen LogP contribution in [0.4, 0.5) is 0 Å². The topological polar surface area (TPSA) is 88.2 Å². The van der Waals surface area contributed by atoms with Crippen molar-refractivity contribution >= 4 is 30.2 Å². The molecule has 4 aliphatic heterocycles. The molecule has 9 nitrogen and oxygen atoms in total. The van der Waals surface area contributed by atoms with Gasteiger partial charge >= 0.3 is 12.0 Å². The van der Waals surface area contributed by atoms with Gasteiger partial charge in [-0.2, -0.15) is 0 Å². The molecule has 0 aliphatic carbocycles. The third-order valence-electron chi connectivity index (χ3n) is 5.73. The van der Waals surface area contributed by atoms with E-state index in [4.69, 9.17) is 14.3 Å². The Morgan fingerprint density at radius 2 is 1.55 bits per heavy atom. The Bertz CT molecular complexity index is 1230. The number of amides is 2. The van der Waals surface area contributed by atoms with E-state index in [-0.39, 0.29) is 18.4 Å². The zero-order valence-corrected chi connectivity index (χ0v) is 16.3. The lowest BCUT2D eigenvalue weighted by Gasteiger charge is -2.26. The molecule has 0 N–H and O–H groups in total. The van der Waals surface area contributed by atoms with Gasteiger partial charge in [0.15, 0.2) is 23.9 Å². The Morgan fingerprint density at radius 1 is 0.903 bits per heavy atom. The maximum absolute atomic E-state index is 12.5. The molecule has 2 saturated heterocycles. The first-order chi connectivity index (χ1) is 15.0. The molecule has 0 radical (unpaired) electrons. The molecule has 9 heteroatoms. The van der Waals surface area contributed by atoms with Crippen LogP contribution < -0.4 is 9.47 Å². The molecule has 2 fully saturated rings. The fourth-order valence-electron chi connectivity index (χ4n) is 4.18. The molecule has 4 heterocycles. The number of hydrogen-bond acceptors (Lipinski definition) is 6. The van der Waals surface area contributed by atoms with Gasteiger partial charge in [0.25, 0.3) is 11.8 Å². The Hall–Kier alpha value is -4.01. The summed E-state index contributed by atoms with van der Waals surface area (Å²) < 4.78 is 16.5. The van der Waals surface area contributed by atoms with E-state index in [1.807, 2.05) is 45.8 Å². The van der Waals surface area contributed by atoms with Crippen molar-refractivity contribution in [1.29, 1.82) is 0 Å². The van der Waals surface area contributed by atoms with Crippen LogP contribution in [0.15, 0.2) is 42.5 Å². The number of hydrogen-bond donors (Lipinski definition) is 0. The van der Waals surface area contributed by atoms with E-state index in [9.17, 15) is 14.4 Å². The van der Waals surface area contributed by atoms with E-state index in [0.717, 1.165) is 11.3 Å². The molecule has 0 unspecified atom stereocenters. The zero-order valence-electron chi connectivity index (χ0n) is 16.3. The van der Waals surface area contributed by atoms with Gasteiger partial charge < -0.3 is 14.3 Å². The normalized spacial score (nSPS) is 22.9. The summed E-state index contributed by atoms with van der Waals surface area (Å²) in [6, 6.07) is 11.4. The molecular formula is C22H17N3O6+2. The minimum absolute atomic E-state index is 0.0472. The van der Waals surface area contributed by atoms with Gasteiger partial charge in [-0.15, -0.1) is 5.06 Å². The molecular weight excluding hydrogens is 402 g/mol. The molecule has 2 aromatic carbocycles. The van der Waals surface area contributed by atoms with E-state index in [1.54, 1.807) is 12.1 Å². The molecule has 1 spiro atoms. The predicted molar refractivity (Wildman–Crippen MR) is 104 cm³/mol. The second-order valence-corrected chi connectivity index (χ2v) is 7.65. The van der Waals surface area contributed by atoms with Crippen molar-refractivity contribution in [2.24, 2.45) is 0 Å². The summed E-state index contributed by atoms with van der Waals surface area (Å²) in [5, 5.41) is 0.540. The number of carbonyl (C=O) groups excluding carboxylic acids is 3. The first kappa shape index (κ1) is 17.8. The van der Waals surface area contributed by atoms with Crippen molar-refractivity contribution in [3.8, 4) is 11.5 Å². The van der Waals surface area contributed by atoms with Gasteiger partial charge in [0, 0.05) is 12.8 Å². The maximum Gasteiger partial charge on any atom is 0.704 e. The van der Waals surface area contributed by atoms with Gasteiger partial charge in [-0.3, -0.25) is 9.59 Å². The third kappa shape index (κ3) is 2.59. The standard InChI is InChI=1S/C22H17N3O6/c26-19-7-8-20(27)25(19)31-21(28)14-5-6-18-16(11-14)13-24-10-9-23-12-15-3-1-2-4-17(15)29-22(23,24)30-18/h1-6,11-13H,7-10H2/q+2/t22-/m1/s1. The van der Waals surface area contributed by atoms with Crippen molar-refractivity contribution in [2.45, 2.75) is 18.9 Å². The number of hydroxylamine groups is 2. The van der Waals surface area contributed by atoms with Crippen LogP contribution in [0, 0.1) is 0 Å². The Labute approximate surface area is 176 Å². The lowest BCUT2D eigenvalue weighted by Crippen LogP contribution is -2.59. The Balaban J connectivity index is 1.32. The molecule has 31 heavy (non-hydrogen) atoms. The first-order valence-electron chi connectivity index (χ1n) is 9.96. The van der Waals surface area contributed by atoms with Crippen molar-refractivity contribution in [1.82, 2.24) is 5.06 Å². The predicted octanol–water partition coefficient (Wildman–Crippen LogP) is 0.880.